The van der Waals surface area contributed by atoms with E-state index in [1.165, 1.54) is 42.7 Å². The summed E-state index contributed by atoms with van der Waals surface area (Å²) in [6.45, 7) is 11.9. The maximum Gasteiger partial charge on any atom is 0.158 e. The van der Waals surface area contributed by atoms with E-state index in [1.54, 1.807) is 0 Å². The van der Waals surface area contributed by atoms with Crippen LogP contribution in [0.5, 0.6) is 0 Å². The van der Waals surface area contributed by atoms with E-state index in [2.05, 4.69) is 89.2 Å². The van der Waals surface area contributed by atoms with E-state index in [4.69, 9.17) is 0 Å². The third-order valence-electron chi connectivity index (χ3n) is 6.49. The van der Waals surface area contributed by atoms with Crippen molar-refractivity contribution in [2.45, 2.75) is 40.9 Å². The quantitative estimate of drug-likeness (QED) is 0.355. The highest BCUT2D eigenvalue weighted by Crippen LogP contribution is 2.41. The second-order valence-electron chi connectivity index (χ2n) is 9.23. The number of hydrogen-bond acceptors (Lipinski definition) is 1. The van der Waals surface area contributed by atoms with Crippen LogP contribution < -0.4 is 5.46 Å². The molecule has 0 radical (unpaired) electrons. The normalized spacial score (nSPS) is 13.0. The fourth-order valence-corrected chi connectivity index (χ4v) is 4.68. The highest BCUT2D eigenvalue weighted by Gasteiger charge is 2.32. The Labute approximate surface area is 161 Å². The molecule has 0 aliphatic heterocycles. The van der Waals surface area contributed by atoms with Gasteiger partial charge in [0.1, 0.15) is 0 Å². The Morgan fingerprint density at radius 2 is 1.54 bits per heavy atom. The molecule has 0 unspecified atom stereocenters. The molecule has 0 amide bonds. The summed E-state index contributed by atoms with van der Waals surface area (Å²) in [5.41, 5.74) is 2.11. The van der Waals surface area contributed by atoms with Crippen LogP contribution in [-0.2, 0) is 0 Å². The molecule has 0 saturated heterocycles. The van der Waals surface area contributed by atoms with Gasteiger partial charge in [0.2, 0.25) is 0 Å². The van der Waals surface area contributed by atoms with Crippen LogP contribution in [0.2, 0.25) is 6.32 Å². The second-order valence-corrected chi connectivity index (χ2v) is 10.3. The molecular formula is C24H27BS. The van der Waals surface area contributed by atoms with Crippen LogP contribution in [0, 0.1) is 10.8 Å². The van der Waals surface area contributed by atoms with Crippen LogP contribution in [0.4, 0.5) is 0 Å². The number of rotatable bonds is 3. The molecule has 1 aromatic heterocycles. The lowest BCUT2D eigenvalue weighted by molar-refractivity contribution is 0.157. The van der Waals surface area contributed by atoms with Gasteiger partial charge in [-0.1, -0.05) is 88.9 Å². The third-order valence-corrected chi connectivity index (χ3v) is 7.63. The fourth-order valence-electron chi connectivity index (χ4n) is 3.58. The van der Waals surface area contributed by atoms with E-state index < -0.39 is 0 Å². The van der Waals surface area contributed by atoms with Gasteiger partial charge < -0.3 is 0 Å². The summed E-state index contributed by atoms with van der Waals surface area (Å²) in [4.78, 5) is 0. The summed E-state index contributed by atoms with van der Waals surface area (Å²) in [6, 6.07) is 20.4. The first-order valence-corrected chi connectivity index (χ1v) is 10.4. The van der Waals surface area contributed by atoms with Gasteiger partial charge in [-0.3, -0.25) is 0 Å². The van der Waals surface area contributed by atoms with Crippen LogP contribution in [-0.4, -0.2) is 7.28 Å². The molecular weight excluding hydrogens is 331 g/mol. The van der Waals surface area contributed by atoms with Gasteiger partial charge in [-0.15, -0.1) is 11.3 Å². The van der Waals surface area contributed by atoms with E-state index >= 15 is 0 Å². The van der Waals surface area contributed by atoms with Crippen molar-refractivity contribution in [2.24, 2.45) is 10.8 Å². The molecule has 0 N–H and O–H groups in total. The predicted molar refractivity (Wildman–Crippen MR) is 122 cm³/mol. The number of hydrogen-bond donors (Lipinski definition) is 0. The zero-order valence-electron chi connectivity index (χ0n) is 16.5. The van der Waals surface area contributed by atoms with Crippen molar-refractivity contribution in [1.29, 1.82) is 0 Å². The molecule has 132 valence electrons. The zero-order valence-corrected chi connectivity index (χ0v) is 17.3. The molecule has 2 heteroatoms. The zero-order chi connectivity index (χ0) is 18.5. The smallest absolute Gasteiger partial charge is 0.135 e. The molecule has 4 aromatic rings. The summed E-state index contributed by atoms with van der Waals surface area (Å²) in [5, 5.41) is 5.57. The Hall–Kier alpha value is -1.80. The lowest BCUT2D eigenvalue weighted by Crippen LogP contribution is -2.33. The molecule has 0 fully saturated rings. The van der Waals surface area contributed by atoms with Crippen molar-refractivity contribution in [3.63, 3.8) is 0 Å². The fraction of sp³-hybridized carbons (Fsp3) is 0.333. The Morgan fingerprint density at radius 3 is 2.31 bits per heavy atom. The molecule has 0 spiro atoms. The van der Waals surface area contributed by atoms with Crippen LogP contribution in [0.25, 0.3) is 30.9 Å². The van der Waals surface area contributed by atoms with E-state index in [1.807, 2.05) is 11.3 Å². The van der Waals surface area contributed by atoms with Crippen LogP contribution in [0.1, 0.15) is 34.6 Å². The van der Waals surface area contributed by atoms with Crippen LogP contribution in [0.15, 0.2) is 54.6 Å². The third kappa shape index (κ3) is 2.95. The minimum absolute atomic E-state index is 0.322. The topological polar surface area (TPSA) is 0 Å². The van der Waals surface area contributed by atoms with Gasteiger partial charge in [0.05, 0.1) is 0 Å². The number of benzene rings is 3. The molecule has 0 saturated carbocycles. The van der Waals surface area contributed by atoms with Crippen molar-refractivity contribution < 1.29 is 0 Å². The predicted octanol–water partition coefficient (Wildman–Crippen LogP) is 6.76. The van der Waals surface area contributed by atoms with Gasteiger partial charge in [0.25, 0.3) is 0 Å². The van der Waals surface area contributed by atoms with E-state index in [-0.39, 0.29) is 0 Å². The SMILES string of the molecule is CC(C)(C)C(C)(C)CBc1ccc2sc3ccc4ccccc4c3c2c1. The van der Waals surface area contributed by atoms with E-state index in [0.717, 1.165) is 7.28 Å². The molecule has 0 aliphatic carbocycles. The Balaban J connectivity index is 1.79. The van der Waals surface area contributed by atoms with Gasteiger partial charge in [-0.2, -0.15) is 0 Å². The largest absolute Gasteiger partial charge is 0.158 e. The van der Waals surface area contributed by atoms with Crippen molar-refractivity contribution in [1.82, 2.24) is 0 Å². The highest BCUT2D eigenvalue weighted by atomic mass is 32.1. The van der Waals surface area contributed by atoms with Crippen LogP contribution >= 0.6 is 11.3 Å². The molecule has 1 heterocycles. The summed E-state index contributed by atoms with van der Waals surface area (Å²) in [7, 11) is 1.14. The lowest BCUT2D eigenvalue weighted by Gasteiger charge is -2.39. The molecule has 0 atom stereocenters. The van der Waals surface area contributed by atoms with Crippen LogP contribution in [0.3, 0.4) is 0 Å². The average molecular weight is 358 g/mol. The molecule has 0 bridgehead atoms. The maximum absolute atomic E-state index is 2.44. The summed E-state index contributed by atoms with van der Waals surface area (Å²) >= 11 is 1.91. The van der Waals surface area contributed by atoms with E-state index in [9.17, 15) is 0 Å². The highest BCUT2D eigenvalue weighted by molar-refractivity contribution is 7.26. The maximum atomic E-state index is 2.44. The first-order valence-electron chi connectivity index (χ1n) is 9.59. The van der Waals surface area contributed by atoms with Gasteiger partial charge in [-0.05, 0) is 33.7 Å². The van der Waals surface area contributed by atoms with Gasteiger partial charge >= 0.3 is 0 Å². The first-order chi connectivity index (χ1) is 12.3. The standard InChI is InChI=1S/C24H27BS/c1-23(2,3)24(4,5)15-25-17-11-13-20-19(14-17)22-18-9-7-6-8-16(18)10-12-21(22)26-20/h6-14,25H,15H2,1-5H3. The van der Waals surface area contributed by atoms with Gasteiger partial charge in [0, 0.05) is 20.2 Å². The average Bonchev–Trinajstić information content (AvgIpc) is 2.97. The summed E-state index contributed by atoms with van der Waals surface area (Å²) in [5.74, 6) is 0. The monoisotopic (exact) mass is 358 g/mol. The van der Waals surface area contributed by atoms with Gasteiger partial charge in [0.15, 0.2) is 7.28 Å². The van der Waals surface area contributed by atoms with Gasteiger partial charge in [-0.25, -0.2) is 0 Å². The Bertz CT molecular complexity index is 1100. The first kappa shape index (κ1) is 17.6. The van der Waals surface area contributed by atoms with Crippen molar-refractivity contribution in [3.05, 3.63) is 54.6 Å². The van der Waals surface area contributed by atoms with E-state index in [0.29, 0.717) is 10.8 Å². The molecule has 3 aromatic carbocycles. The van der Waals surface area contributed by atoms with Crippen molar-refractivity contribution in [3.8, 4) is 0 Å². The molecule has 4 rings (SSSR count). The summed E-state index contributed by atoms with van der Waals surface area (Å²) in [6.07, 6.45) is 1.21. The molecule has 0 nitrogen and oxygen atoms in total. The summed E-state index contributed by atoms with van der Waals surface area (Å²) < 4.78 is 2.79. The lowest BCUT2D eigenvalue weighted by atomic mass is 9.53. The Kier molecular flexibility index (Phi) is 4.15. The molecule has 0 aliphatic rings. The second kappa shape index (κ2) is 6.13. The minimum Gasteiger partial charge on any atom is -0.135 e. The minimum atomic E-state index is 0.322. The molecule has 26 heavy (non-hydrogen) atoms. The number of fused-ring (bicyclic) bond motifs is 5. The number of thiophene rings is 1. The van der Waals surface area contributed by atoms with Crippen molar-refractivity contribution >= 4 is 55.0 Å². The van der Waals surface area contributed by atoms with Crippen molar-refractivity contribution in [2.75, 3.05) is 0 Å². The Morgan fingerprint density at radius 1 is 0.808 bits per heavy atom.